The molecule has 38 fully saturated rings. The molecule has 8 aliphatic heterocycles. The average molecular weight is 1720 g/mol. The van der Waals surface area contributed by atoms with Crippen LogP contribution in [-0.2, 0) is 75.8 Å². The van der Waals surface area contributed by atoms with E-state index in [0.29, 0.717) is 30.3 Å². The summed E-state index contributed by atoms with van der Waals surface area (Å²) < 4.78 is 99.7. The van der Waals surface area contributed by atoms with E-state index in [-0.39, 0.29) is 46.3 Å². The molecule has 8 unspecified atom stereocenters. The van der Waals surface area contributed by atoms with Crippen LogP contribution in [0.4, 0.5) is 0 Å². The number of hydrogen-bond donors (Lipinski definition) is 0. The molecule has 16 heteroatoms. The molecule has 30 aliphatic carbocycles. The van der Waals surface area contributed by atoms with Crippen molar-refractivity contribution < 1.29 is 75.8 Å². The Morgan fingerprint density at radius 1 is 0.129 bits per heavy atom. The molecule has 0 N–H and O–H groups in total. The van der Waals surface area contributed by atoms with Crippen LogP contribution in [0.5, 0.6) is 0 Å². The molecule has 0 amide bonds. The van der Waals surface area contributed by atoms with E-state index in [1.807, 2.05) is 0 Å². The molecule has 8 saturated heterocycles. The number of ether oxygens (including phenoxy) is 16. The lowest BCUT2D eigenvalue weighted by Crippen LogP contribution is -2.61. The molecule has 124 heavy (non-hydrogen) atoms. The highest BCUT2D eigenvalue weighted by Crippen LogP contribution is 2.69. The first-order chi connectivity index (χ1) is 60.9. The van der Waals surface area contributed by atoms with Crippen molar-refractivity contribution in [3.05, 3.63) is 0 Å². The summed E-state index contributed by atoms with van der Waals surface area (Å²) >= 11 is 0. The van der Waals surface area contributed by atoms with E-state index in [1.54, 1.807) is 0 Å². The molecule has 30 saturated carbocycles. The normalized spacial score (nSPS) is 51.9. The van der Waals surface area contributed by atoms with Gasteiger partial charge in [-0.1, -0.05) is 12.8 Å². The third-order valence-electron chi connectivity index (χ3n) is 42.5. The summed E-state index contributed by atoms with van der Waals surface area (Å²) in [6.45, 7) is 10.9. The summed E-state index contributed by atoms with van der Waals surface area (Å²) in [7, 11) is 0. The molecule has 0 radical (unpaired) electrons. The Morgan fingerprint density at radius 2 is 0.323 bits per heavy atom. The summed E-state index contributed by atoms with van der Waals surface area (Å²) in [4.78, 5) is 0. The van der Waals surface area contributed by atoms with Gasteiger partial charge in [0.05, 0.1) is 104 Å². The molecule has 0 aromatic carbocycles. The van der Waals surface area contributed by atoms with Gasteiger partial charge in [0.2, 0.25) is 0 Å². The molecule has 16 nitrogen and oxygen atoms in total. The van der Waals surface area contributed by atoms with Gasteiger partial charge in [0, 0.05) is 95.7 Å². The summed E-state index contributed by atoms with van der Waals surface area (Å²) in [5.74, 6) is 23.1. The minimum atomic E-state index is -0.145. The molecule has 696 valence electrons. The van der Waals surface area contributed by atoms with Gasteiger partial charge in [-0.15, -0.1) is 0 Å². The van der Waals surface area contributed by atoms with Crippen molar-refractivity contribution in [3.8, 4) is 0 Å². The molecule has 8 atom stereocenters. The first-order valence-electron chi connectivity index (χ1n) is 55.3. The zero-order valence-electron chi connectivity index (χ0n) is 77.1. The lowest BCUT2D eigenvalue weighted by Gasteiger charge is -2.60. The third-order valence-corrected chi connectivity index (χ3v) is 42.5. The van der Waals surface area contributed by atoms with Crippen LogP contribution in [0.1, 0.15) is 360 Å². The molecular formula is C108H168O16. The van der Waals surface area contributed by atoms with Crippen molar-refractivity contribution in [1.82, 2.24) is 0 Å². The van der Waals surface area contributed by atoms with Gasteiger partial charge >= 0.3 is 0 Å². The largest absolute Gasteiger partial charge is 0.350 e. The first-order valence-corrected chi connectivity index (χ1v) is 55.3. The van der Waals surface area contributed by atoms with Crippen molar-refractivity contribution in [3.63, 3.8) is 0 Å². The van der Waals surface area contributed by atoms with E-state index < -0.39 is 0 Å². The monoisotopic (exact) mass is 1720 g/mol. The zero-order valence-corrected chi connectivity index (χ0v) is 77.1. The van der Waals surface area contributed by atoms with Crippen LogP contribution in [0.3, 0.4) is 0 Å². The molecule has 0 aromatic rings. The van der Waals surface area contributed by atoms with Gasteiger partial charge in [-0.2, -0.15) is 0 Å². The van der Waals surface area contributed by atoms with Crippen LogP contribution >= 0.6 is 0 Å². The summed E-state index contributed by atoms with van der Waals surface area (Å²) in [6.07, 6.45) is 77.0. The smallest absolute Gasteiger partial charge is 0.174 e. The summed E-state index contributed by atoms with van der Waals surface area (Å²) in [6, 6.07) is 0. The van der Waals surface area contributed by atoms with E-state index in [2.05, 4.69) is 0 Å². The fraction of sp³-hybridized carbons (Fsp3) is 1.00. The van der Waals surface area contributed by atoms with Gasteiger partial charge in [-0.05, 0) is 417 Å². The fourth-order valence-electron chi connectivity index (χ4n) is 38.6. The average Bonchev–Trinajstić information content (AvgIpc) is 1.57. The molecule has 0 aromatic heterocycles. The Kier molecular flexibility index (Phi) is 23.9. The van der Waals surface area contributed by atoms with Crippen molar-refractivity contribution >= 4 is 0 Å². The Hall–Kier alpha value is -0.640. The fourth-order valence-corrected chi connectivity index (χ4v) is 38.6. The Labute approximate surface area is 746 Å². The second kappa shape index (κ2) is 34.9. The van der Waals surface area contributed by atoms with Crippen LogP contribution in [0.25, 0.3) is 0 Å². The van der Waals surface area contributed by atoms with E-state index in [4.69, 9.17) is 75.8 Å². The van der Waals surface area contributed by atoms with Crippen LogP contribution in [-0.4, -0.2) is 150 Å². The van der Waals surface area contributed by atoms with E-state index in [9.17, 15) is 0 Å². The topological polar surface area (TPSA) is 148 Å². The van der Waals surface area contributed by atoms with Crippen molar-refractivity contribution in [1.29, 1.82) is 0 Å². The summed E-state index contributed by atoms with van der Waals surface area (Å²) in [5, 5.41) is 0. The van der Waals surface area contributed by atoms with Crippen molar-refractivity contribution in [2.24, 2.45) is 166 Å². The van der Waals surface area contributed by atoms with Gasteiger partial charge in [0.15, 0.2) is 46.3 Å². The van der Waals surface area contributed by atoms with Gasteiger partial charge in [-0.3, -0.25) is 0 Å². The third kappa shape index (κ3) is 15.4. The minimum Gasteiger partial charge on any atom is -0.350 e. The number of rotatable bonds is 0. The number of fused-ring (bicyclic) bond motifs is 8. The van der Waals surface area contributed by atoms with E-state index in [1.165, 1.54) is 353 Å². The minimum absolute atomic E-state index is 0.104. The summed E-state index contributed by atoms with van der Waals surface area (Å²) in [5.41, 5.74) is 0. The molecule has 8 spiro atoms. The maximum Gasteiger partial charge on any atom is 0.174 e. The molecule has 38 rings (SSSR count). The van der Waals surface area contributed by atoms with Crippen LogP contribution in [0.15, 0.2) is 0 Å². The maximum atomic E-state index is 6.61. The van der Waals surface area contributed by atoms with Crippen LogP contribution in [0.2, 0.25) is 0 Å². The SMILES string of the molecule is C1CC2OC3(OC2C1)C1CC2CC(C1)CC3C2.C1CCC2OC3(OC2C1)C1CC2CC(C1)CC3C2.C1CCOC2(CC3CCC2C3)OC1.C1CCOC2(CC3CCC2C3)OCC1.C1CCOC2(OC1)C1CC3CC(C1)CC2C3.C1CCOC2(OCC1)C1CC3CC(C1)CC2C3.C1COC2(O1)C1CC3CC(C1)CC2C3.C1COC2(OC1)C1CC3CC(C1)CC2C3. The zero-order chi connectivity index (χ0) is 81.9. The highest BCUT2D eigenvalue weighted by atomic mass is 16.8. The Balaban J connectivity index is 0.0000000778. The highest BCUT2D eigenvalue weighted by Gasteiger charge is 2.69. The lowest BCUT2D eigenvalue weighted by atomic mass is 9.53. The Bertz CT molecular complexity index is 3330. The molecule has 38 aliphatic rings. The second-order valence-corrected chi connectivity index (χ2v) is 49.9. The van der Waals surface area contributed by atoms with E-state index in [0.717, 1.165) is 245 Å². The lowest BCUT2D eigenvalue weighted by molar-refractivity contribution is -0.358. The van der Waals surface area contributed by atoms with E-state index >= 15 is 0 Å². The van der Waals surface area contributed by atoms with Gasteiger partial charge < -0.3 is 75.8 Å². The number of hydrogen-bond acceptors (Lipinski definition) is 16. The van der Waals surface area contributed by atoms with Gasteiger partial charge in [0.25, 0.3) is 0 Å². The maximum absolute atomic E-state index is 6.61. The predicted molar refractivity (Wildman–Crippen MR) is 469 cm³/mol. The molecule has 28 bridgehead atoms. The molecule has 8 heterocycles. The second-order valence-electron chi connectivity index (χ2n) is 49.9. The van der Waals surface area contributed by atoms with Crippen molar-refractivity contribution in [2.45, 2.75) is 430 Å². The standard InChI is InChI=1S/C16H24O2.C15H22O2.C15H24O2.C14H22O2.C13H20O2.C12H18O2.C12H20O2.C11H18O2/c1-2-4-15-14(3-1)17-16(18-15)12-6-10-5-11(8-12)9-13(16)7-10;1-2-13-14(3-1)17-15(16-13)11-5-9-4-10(7-11)8-12(15)6-9;1-2-4-16-15(17-5-3-1)13-7-11-6-12(9-13)10-14(15)8-11;1-2-4-16-14(15-3-1)12-6-10-5-11(8-12)9-13(14)7-10;1-2-14-13(15-3-1)11-5-9-4-10(7-11)8-12(13)6-9;1-2-14-12(13-1)10-4-8-3-9(6-10)7-11(12)5-8;1-2-6-13-12(14-7-3-1)9-10-4-5-11(12)8-10;1-2-6-13-11(12-5-1)8-9-3-4-10(11)7-9/h10-15H,1-9H2;9-14H,1-8H2;11-14H,1-10H2;10-13H,1-9H2;9-12H,1-8H2;8-11H,1-7H2;10-11H,1-9H2;9-10H,1-8H2. The predicted octanol–water partition coefficient (Wildman–Crippen LogP) is 22.7. The quantitative estimate of drug-likeness (QED) is 0.226. The molecular weight excluding hydrogens is 1550 g/mol. The highest BCUT2D eigenvalue weighted by molar-refractivity contribution is 5.13. The van der Waals surface area contributed by atoms with Crippen LogP contribution < -0.4 is 0 Å². The van der Waals surface area contributed by atoms with Gasteiger partial charge in [-0.25, -0.2) is 0 Å². The van der Waals surface area contributed by atoms with Crippen LogP contribution in [0, 0.1) is 166 Å². The Morgan fingerprint density at radius 3 is 0.548 bits per heavy atom. The van der Waals surface area contributed by atoms with Gasteiger partial charge in [0.1, 0.15) is 0 Å². The van der Waals surface area contributed by atoms with Crippen molar-refractivity contribution in [2.75, 3.05) is 79.3 Å². The first kappa shape index (κ1) is 85.1.